The molecule has 1 fully saturated rings. The van der Waals surface area contributed by atoms with E-state index in [0.717, 1.165) is 19.5 Å². The molecule has 1 aliphatic rings. The van der Waals surface area contributed by atoms with Crippen LogP contribution in [0.5, 0.6) is 0 Å². The summed E-state index contributed by atoms with van der Waals surface area (Å²) in [5.74, 6) is 0.592. The minimum absolute atomic E-state index is 0.0276. The lowest BCUT2D eigenvalue weighted by Gasteiger charge is -2.19. The number of hydrogen-bond donors (Lipinski definition) is 1. The lowest BCUT2D eigenvalue weighted by atomic mass is 9.93. The third kappa shape index (κ3) is 2.54. The molecule has 17 heavy (non-hydrogen) atoms. The Morgan fingerprint density at radius 1 is 1.47 bits per heavy atom. The monoisotopic (exact) mass is 234 g/mol. The molecule has 1 amide bonds. The number of rotatable bonds is 2. The summed E-state index contributed by atoms with van der Waals surface area (Å²) < 4.78 is 0. The number of aromatic nitrogens is 2. The smallest absolute Gasteiger partial charge is 0.274 e. The van der Waals surface area contributed by atoms with Crippen molar-refractivity contribution in [1.29, 1.82) is 0 Å². The normalized spacial score (nSPS) is 18.2. The van der Waals surface area contributed by atoms with Gasteiger partial charge in [0.15, 0.2) is 0 Å². The van der Waals surface area contributed by atoms with Crippen LogP contribution >= 0.6 is 0 Å². The number of hydrogen-bond acceptors (Lipinski definition) is 4. The van der Waals surface area contributed by atoms with Crippen molar-refractivity contribution in [3.8, 4) is 0 Å². The van der Waals surface area contributed by atoms with Gasteiger partial charge in [-0.05, 0) is 11.8 Å². The highest BCUT2D eigenvalue weighted by Gasteiger charge is 2.32. The van der Waals surface area contributed by atoms with Crippen LogP contribution in [-0.4, -0.2) is 40.9 Å². The average Bonchev–Trinajstić information content (AvgIpc) is 2.69. The van der Waals surface area contributed by atoms with Gasteiger partial charge in [0.25, 0.3) is 5.91 Å². The second kappa shape index (κ2) is 4.31. The predicted octanol–water partition coefficient (Wildman–Crippen LogP) is 1.39. The Labute approximate surface area is 101 Å². The largest absolute Gasteiger partial charge is 0.372 e. The molecule has 92 valence electrons. The van der Waals surface area contributed by atoms with Gasteiger partial charge < -0.3 is 10.2 Å². The summed E-state index contributed by atoms with van der Waals surface area (Å²) in [5.41, 5.74) is 0.624. The number of carbonyl (C=O) groups excluding carboxylic acids is 1. The van der Waals surface area contributed by atoms with E-state index in [0.29, 0.717) is 11.5 Å². The second-order valence-corrected chi connectivity index (χ2v) is 5.18. The van der Waals surface area contributed by atoms with E-state index < -0.39 is 0 Å². The minimum atomic E-state index is -0.0276. The first-order chi connectivity index (χ1) is 8.02. The van der Waals surface area contributed by atoms with Gasteiger partial charge >= 0.3 is 0 Å². The van der Waals surface area contributed by atoms with Crippen molar-refractivity contribution in [1.82, 2.24) is 14.9 Å². The lowest BCUT2D eigenvalue weighted by Crippen LogP contribution is -2.31. The van der Waals surface area contributed by atoms with Crippen molar-refractivity contribution in [3.63, 3.8) is 0 Å². The maximum absolute atomic E-state index is 12.2. The zero-order chi connectivity index (χ0) is 12.5. The molecule has 5 nitrogen and oxygen atoms in total. The molecule has 0 bridgehead atoms. The Balaban J connectivity index is 2.15. The first-order valence-electron chi connectivity index (χ1n) is 5.81. The van der Waals surface area contributed by atoms with E-state index in [1.165, 1.54) is 6.20 Å². The topological polar surface area (TPSA) is 58.1 Å². The van der Waals surface area contributed by atoms with E-state index in [1.54, 1.807) is 13.2 Å². The van der Waals surface area contributed by atoms with Gasteiger partial charge in [-0.15, -0.1) is 0 Å². The van der Waals surface area contributed by atoms with Crippen LogP contribution in [0.3, 0.4) is 0 Å². The van der Waals surface area contributed by atoms with Gasteiger partial charge in [0.2, 0.25) is 0 Å². The molecule has 1 N–H and O–H groups in total. The number of amides is 1. The van der Waals surface area contributed by atoms with E-state index in [1.807, 2.05) is 4.90 Å². The number of nitrogens with one attached hydrogen (secondary N) is 1. The van der Waals surface area contributed by atoms with E-state index >= 15 is 0 Å². The highest BCUT2D eigenvalue weighted by Crippen LogP contribution is 2.29. The molecule has 0 radical (unpaired) electrons. The van der Waals surface area contributed by atoms with Crippen LogP contribution in [0.2, 0.25) is 0 Å². The molecule has 0 unspecified atom stereocenters. The maximum atomic E-state index is 12.2. The molecular weight excluding hydrogens is 216 g/mol. The molecule has 1 saturated heterocycles. The highest BCUT2D eigenvalue weighted by atomic mass is 16.2. The molecule has 2 rings (SSSR count). The Morgan fingerprint density at radius 2 is 2.24 bits per heavy atom. The van der Waals surface area contributed by atoms with Crippen molar-refractivity contribution in [2.45, 2.75) is 20.3 Å². The highest BCUT2D eigenvalue weighted by molar-refractivity contribution is 5.92. The molecule has 1 aromatic heterocycles. The van der Waals surface area contributed by atoms with Crippen LogP contribution in [0, 0.1) is 5.41 Å². The Bertz CT molecular complexity index is 430. The molecule has 0 spiro atoms. The van der Waals surface area contributed by atoms with E-state index in [-0.39, 0.29) is 11.3 Å². The number of anilines is 1. The Kier molecular flexibility index (Phi) is 3.00. The maximum Gasteiger partial charge on any atom is 0.274 e. The van der Waals surface area contributed by atoms with Gasteiger partial charge in [0, 0.05) is 20.1 Å². The molecule has 0 aromatic carbocycles. The van der Waals surface area contributed by atoms with Crippen LogP contribution in [-0.2, 0) is 0 Å². The molecular formula is C12H18N4O. The summed E-state index contributed by atoms with van der Waals surface area (Å²) in [6.07, 6.45) is 4.16. The van der Waals surface area contributed by atoms with Crippen molar-refractivity contribution < 1.29 is 4.79 Å². The van der Waals surface area contributed by atoms with E-state index in [2.05, 4.69) is 29.1 Å². The molecule has 0 saturated carbocycles. The molecule has 0 atom stereocenters. The first kappa shape index (κ1) is 11.8. The SMILES string of the molecule is CNc1cncc(C(=O)N2CCC(C)(C)C2)n1. The van der Waals surface area contributed by atoms with Gasteiger partial charge in [-0.2, -0.15) is 0 Å². The van der Waals surface area contributed by atoms with Crippen LogP contribution in [0.4, 0.5) is 5.82 Å². The van der Waals surface area contributed by atoms with Gasteiger partial charge in [0.1, 0.15) is 11.5 Å². The fourth-order valence-corrected chi connectivity index (χ4v) is 2.04. The van der Waals surface area contributed by atoms with Crippen molar-refractivity contribution in [2.24, 2.45) is 5.41 Å². The number of nitrogens with zero attached hydrogens (tertiary/aromatic N) is 3. The Hall–Kier alpha value is -1.65. The van der Waals surface area contributed by atoms with Crippen LogP contribution < -0.4 is 5.32 Å². The third-order valence-electron chi connectivity index (χ3n) is 3.07. The summed E-state index contributed by atoms with van der Waals surface area (Å²) in [6.45, 7) is 5.94. The summed E-state index contributed by atoms with van der Waals surface area (Å²) in [4.78, 5) is 22.3. The number of likely N-dealkylation sites (tertiary alicyclic amines) is 1. The average molecular weight is 234 g/mol. The summed E-state index contributed by atoms with van der Waals surface area (Å²) in [5, 5.41) is 2.88. The van der Waals surface area contributed by atoms with Crippen molar-refractivity contribution in [2.75, 3.05) is 25.5 Å². The second-order valence-electron chi connectivity index (χ2n) is 5.18. The van der Waals surface area contributed by atoms with Crippen LogP contribution in [0.15, 0.2) is 12.4 Å². The van der Waals surface area contributed by atoms with Crippen LogP contribution in [0.1, 0.15) is 30.8 Å². The van der Waals surface area contributed by atoms with E-state index in [4.69, 9.17) is 0 Å². The zero-order valence-corrected chi connectivity index (χ0v) is 10.5. The fraction of sp³-hybridized carbons (Fsp3) is 0.583. The summed E-state index contributed by atoms with van der Waals surface area (Å²) in [6, 6.07) is 0. The van der Waals surface area contributed by atoms with Gasteiger partial charge in [-0.3, -0.25) is 9.78 Å². The first-order valence-corrected chi connectivity index (χ1v) is 5.81. The minimum Gasteiger partial charge on any atom is -0.372 e. The molecule has 1 aliphatic heterocycles. The summed E-state index contributed by atoms with van der Waals surface area (Å²) >= 11 is 0. The van der Waals surface area contributed by atoms with Gasteiger partial charge in [0.05, 0.1) is 12.4 Å². The molecule has 1 aromatic rings. The van der Waals surface area contributed by atoms with Crippen molar-refractivity contribution in [3.05, 3.63) is 18.1 Å². The standard InChI is InChI=1S/C12H18N4O/c1-12(2)4-5-16(8-12)11(17)9-6-14-7-10(13-3)15-9/h6-7H,4-5,8H2,1-3H3,(H,13,15). The van der Waals surface area contributed by atoms with E-state index in [9.17, 15) is 4.79 Å². The third-order valence-corrected chi connectivity index (χ3v) is 3.07. The number of carbonyl (C=O) groups is 1. The lowest BCUT2D eigenvalue weighted by molar-refractivity contribution is 0.0772. The summed E-state index contributed by atoms with van der Waals surface area (Å²) in [7, 11) is 1.76. The van der Waals surface area contributed by atoms with Gasteiger partial charge in [-0.25, -0.2) is 4.98 Å². The molecule has 0 aliphatic carbocycles. The molecule has 2 heterocycles. The van der Waals surface area contributed by atoms with Crippen molar-refractivity contribution >= 4 is 11.7 Å². The fourth-order valence-electron chi connectivity index (χ4n) is 2.04. The predicted molar refractivity (Wildman–Crippen MR) is 65.9 cm³/mol. The van der Waals surface area contributed by atoms with Gasteiger partial charge in [-0.1, -0.05) is 13.8 Å². The van der Waals surface area contributed by atoms with Crippen LogP contribution in [0.25, 0.3) is 0 Å². The zero-order valence-electron chi connectivity index (χ0n) is 10.5. The molecule has 5 heteroatoms. The quantitative estimate of drug-likeness (QED) is 0.840. The Morgan fingerprint density at radius 3 is 2.82 bits per heavy atom.